The molecule has 144 valence electrons. The molecular formula is C22H29N3O2. The number of nitrogens with one attached hydrogen (secondary N) is 2. The van der Waals surface area contributed by atoms with E-state index in [1.54, 1.807) is 18.9 Å². The van der Waals surface area contributed by atoms with E-state index >= 15 is 0 Å². The molecule has 5 nitrogen and oxygen atoms in total. The normalized spacial score (nSPS) is 12.5. The van der Waals surface area contributed by atoms with E-state index in [2.05, 4.69) is 10.6 Å². The maximum absolute atomic E-state index is 12.7. The number of anilines is 1. The van der Waals surface area contributed by atoms with Crippen LogP contribution in [0.5, 0.6) is 0 Å². The minimum absolute atomic E-state index is 0.102. The second-order valence-electron chi connectivity index (χ2n) is 7.79. The van der Waals surface area contributed by atoms with Gasteiger partial charge in [-0.05, 0) is 46.4 Å². The maximum Gasteiger partial charge on any atom is 0.241 e. The van der Waals surface area contributed by atoms with Gasteiger partial charge in [-0.1, -0.05) is 48.5 Å². The first-order chi connectivity index (χ1) is 12.7. The highest BCUT2D eigenvalue weighted by Crippen LogP contribution is 2.27. The number of amides is 2. The molecule has 2 amide bonds. The zero-order valence-electron chi connectivity index (χ0n) is 16.7. The van der Waals surface area contributed by atoms with Gasteiger partial charge in [0.1, 0.15) is 0 Å². The molecule has 0 unspecified atom stereocenters. The highest BCUT2D eigenvalue weighted by molar-refractivity contribution is 5.98. The van der Waals surface area contributed by atoms with Crippen molar-refractivity contribution in [2.45, 2.75) is 39.3 Å². The lowest BCUT2D eigenvalue weighted by Gasteiger charge is -2.26. The van der Waals surface area contributed by atoms with E-state index in [9.17, 15) is 9.59 Å². The summed E-state index contributed by atoms with van der Waals surface area (Å²) in [7, 11) is 1.77. The molecule has 2 N–H and O–H groups in total. The third kappa shape index (κ3) is 6.22. The molecule has 0 heterocycles. The van der Waals surface area contributed by atoms with Crippen LogP contribution in [0.2, 0.25) is 0 Å². The minimum atomic E-state index is -0.445. The molecule has 2 aromatic carbocycles. The van der Waals surface area contributed by atoms with Crippen LogP contribution in [0, 0.1) is 0 Å². The molecule has 2 aromatic rings. The van der Waals surface area contributed by atoms with Crippen molar-refractivity contribution in [3.63, 3.8) is 0 Å². The summed E-state index contributed by atoms with van der Waals surface area (Å²) in [6.45, 7) is 7.75. The molecule has 5 heteroatoms. The van der Waals surface area contributed by atoms with Gasteiger partial charge in [0.25, 0.3) is 0 Å². The van der Waals surface area contributed by atoms with Gasteiger partial charge >= 0.3 is 0 Å². The molecule has 0 saturated carbocycles. The lowest BCUT2D eigenvalue weighted by molar-refractivity contribution is -0.125. The van der Waals surface area contributed by atoms with E-state index in [1.807, 2.05) is 75.4 Å². The first-order valence-electron chi connectivity index (χ1n) is 9.14. The van der Waals surface area contributed by atoms with Crippen LogP contribution < -0.4 is 10.6 Å². The monoisotopic (exact) mass is 367 g/mol. The Bertz CT molecular complexity index is 782. The fourth-order valence-corrected chi connectivity index (χ4v) is 2.72. The second kappa shape index (κ2) is 8.82. The molecule has 1 atom stereocenters. The van der Waals surface area contributed by atoms with Gasteiger partial charge in [-0.15, -0.1) is 0 Å². The molecular weight excluding hydrogens is 338 g/mol. The van der Waals surface area contributed by atoms with Crippen molar-refractivity contribution in [2.24, 2.45) is 0 Å². The standard InChI is InChI=1S/C22H29N3O2/c1-16(25(5)15-20(26)24-22(2,3)4)21(27)23-19-14-10-9-13-18(19)17-11-7-6-8-12-17/h6-14,16H,15H2,1-5H3,(H,23,27)(H,24,26)/t16-/m0/s1. The van der Waals surface area contributed by atoms with Gasteiger partial charge in [0, 0.05) is 16.8 Å². The average Bonchev–Trinajstić information content (AvgIpc) is 2.60. The fourth-order valence-electron chi connectivity index (χ4n) is 2.72. The van der Waals surface area contributed by atoms with Crippen LogP contribution in [0.25, 0.3) is 11.1 Å². The smallest absolute Gasteiger partial charge is 0.241 e. The Kier molecular flexibility index (Phi) is 6.75. The lowest BCUT2D eigenvalue weighted by atomic mass is 10.0. The molecule has 0 fully saturated rings. The van der Waals surface area contributed by atoms with Crippen molar-refractivity contribution in [3.8, 4) is 11.1 Å². The van der Waals surface area contributed by atoms with Gasteiger partial charge in [-0.2, -0.15) is 0 Å². The summed E-state index contributed by atoms with van der Waals surface area (Å²) >= 11 is 0. The minimum Gasteiger partial charge on any atom is -0.350 e. The number of carbonyl (C=O) groups excluding carboxylic acids is 2. The van der Waals surface area contributed by atoms with E-state index < -0.39 is 6.04 Å². The molecule has 0 aliphatic heterocycles. The highest BCUT2D eigenvalue weighted by atomic mass is 16.2. The number of carbonyl (C=O) groups is 2. The first kappa shape index (κ1) is 20.6. The van der Waals surface area contributed by atoms with Crippen LogP contribution in [0.4, 0.5) is 5.69 Å². The predicted octanol–water partition coefficient (Wildman–Crippen LogP) is 3.53. The quantitative estimate of drug-likeness (QED) is 0.821. The van der Waals surface area contributed by atoms with Gasteiger partial charge in [0.05, 0.1) is 12.6 Å². The van der Waals surface area contributed by atoms with Gasteiger partial charge in [0.15, 0.2) is 0 Å². The van der Waals surface area contributed by atoms with Crippen molar-refractivity contribution in [1.29, 1.82) is 0 Å². The SMILES string of the molecule is C[C@@H](C(=O)Nc1ccccc1-c1ccccc1)N(C)CC(=O)NC(C)(C)C. The lowest BCUT2D eigenvalue weighted by Crippen LogP contribution is -2.49. The summed E-state index contributed by atoms with van der Waals surface area (Å²) in [6, 6.07) is 17.2. The van der Waals surface area contributed by atoms with Crippen LogP contribution in [-0.4, -0.2) is 41.9 Å². The Morgan fingerprint density at radius 2 is 1.59 bits per heavy atom. The Balaban J connectivity index is 2.06. The number of hydrogen-bond acceptors (Lipinski definition) is 3. The average molecular weight is 367 g/mol. The number of hydrogen-bond donors (Lipinski definition) is 2. The van der Waals surface area contributed by atoms with Crippen LogP contribution >= 0.6 is 0 Å². The fraction of sp³-hybridized carbons (Fsp3) is 0.364. The molecule has 2 rings (SSSR count). The van der Waals surface area contributed by atoms with Gasteiger partial charge in [-0.3, -0.25) is 14.5 Å². The van der Waals surface area contributed by atoms with E-state index in [4.69, 9.17) is 0 Å². The Labute approximate surface area is 161 Å². The number of likely N-dealkylation sites (N-methyl/N-ethyl adjacent to an activating group) is 1. The maximum atomic E-state index is 12.7. The topological polar surface area (TPSA) is 61.4 Å². The molecule has 0 aliphatic rings. The summed E-state index contributed by atoms with van der Waals surface area (Å²) in [5.41, 5.74) is 2.47. The summed E-state index contributed by atoms with van der Waals surface area (Å²) in [5, 5.41) is 5.91. The Morgan fingerprint density at radius 1 is 1.00 bits per heavy atom. The first-order valence-corrected chi connectivity index (χ1v) is 9.14. The Morgan fingerprint density at radius 3 is 2.22 bits per heavy atom. The molecule has 0 saturated heterocycles. The molecule has 0 bridgehead atoms. The zero-order valence-corrected chi connectivity index (χ0v) is 16.7. The second-order valence-corrected chi connectivity index (χ2v) is 7.79. The summed E-state index contributed by atoms with van der Waals surface area (Å²) in [6.07, 6.45) is 0. The van der Waals surface area contributed by atoms with Crippen molar-refractivity contribution in [2.75, 3.05) is 18.9 Å². The van der Waals surface area contributed by atoms with Crippen LogP contribution in [0.3, 0.4) is 0 Å². The molecule has 27 heavy (non-hydrogen) atoms. The summed E-state index contributed by atoms with van der Waals surface area (Å²) in [5.74, 6) is -0.251. The van der Waals surface area contributed by atoms with Gasteiger partial charge in [-0.25, -0.2) is 0 Å². The van der Waals surface area contributed by atoms with Crippen LogP contribution in [0.15, 0.2) is 54.6 Å². The molecule has 0 radical (unpaired) electrons. The summed E-state index contributed by atoms with van der Waals surface area (Å²) in [4.78, 5) is 26.6. The van der Waals surface area contributed by atoms with Crippen LogP contribution in [0.1, 0.15) is 27.7 Å². The number of benzene rings is 2. The van der Waals surface area contributed by atoms with Crippen molar-refractivity contribution in [3.05, 3.63) is 54.6 Å². The third-order valence-corrected chi connectivity index (χ3v) is 4.22. The van der Waals surface area contributed by atoms with E-state index in [1.165, 1.54) is 0 Å². The van der Waals surface area contributed by atoms with E-state index in [0.717, 1.165) is 16.8 Å². The zero-order chi connectivity index (χ0) is 20.0. The van der Waals surface area contributed by atoms with Gasteiger partial charge in [0.2, 0.25) is 11.8 Å². The summed E-state index contributed by atoms with van der Waals surface area (Å²) < 4.78 is 0. The van der Waals surface area contributed by atoms with Gasteiger partial charge < -0.3 is 10.6 Å². The molecule has 0 aliphatic carbocycles. The largest absolute Gasteiger partial charge is 0.350 e. The molecule has 0 aromatic heterocycles. The van der Waals surface area contributed by atoms with E-state index in [-0.39, 0.29) is 23.9 Å². The van der Waals surface area contributed by atoms with Crippen LogP contribution in [-0.2, 0) is 9.59 Å². The third-order valence-electron chi connectivity index (χ3n) is 4.22. The highest BCUT2D eigenvalue weighted by Gasteiger charge is 2.22. The number of rotatable bonds is 6. The van der Waals surface area contributed by atoms with Crippen molar-refractivity contribution >= 4 is 17.5 Å². The van der Waals surface area contributed by atoms with E-state index in [0.29, 0.717) is 0 Å². The van der Waals surface area contributed by atoms with Crippen molar-refractivity contribution < 1.29 is 9.59 Å². The predicted molar refractivity (Wildman–Crippen MR) is 110 cm³/mol. The Hall–Kier alpha value is -2.66. The number of para-hydroxylation sites is 1. The molecule has 0 spiro atoms. The number of nitrogens with zero attached hydrogens (tertiary/aromatic N) is 1. The van der Waals surface area contributed by atoms with Crippen molar-refractivity contribution in [1.82, 2.24) is 10.2 Å².